The van der Waals surface area contributed by atoms with Crippen LogP contribution in [0, 0.1) is 0 Å². The van der Waals surface area contributed by atoms with Crippen LogP contribution in [0.5, 0.6) is 5.75 Å². The molecule has 0 aliphatic heterocycles. The quantitative estimate of drug-likeness (QED) is 0.461. The summed E-state index contributed by atoms with van der Waals surface area (Å²) >= 11 is 3.30. The number of carbonyl (C=O) groups is 2. The van der Waals surface area contributed by atoms with Crippen molar-refractivity contribution in [3.8, 4) is 5.75 Å². The molecule has 0 unspecified atom stereocenters. The van der Waals surface area contributed by atoms with Gasteiger partial charge >= 0.3 is 6.18 Å². The number of hydrogen-bond acceptors (Lipinski definition) is 3. The minimum Gasteiger partial charge on any atom is -0.483 e. The second kappa shape index (κ2) is 9.65. The summed E-state index contributed by atoms with van der Waals surface area (Å²) in [6.45, 7) is -0.333. The molecular formula is C22H16BrF3N2O3. The third-order valence-corrected chi connectivity index (χ3v) is 4.62. The Morgan fingerprint density at radius 3 is 2.06 bits per heavy atom. The van der Waals surface area contributed by atoms with E-state index in [4.69, 9.17) is 4.74 Å². The number of rotatable bonds is 6. The van der Waals surface area contributed by atoms with Gasteiger partial charge in [0.25, 0.3) is 11.8 Å². The first kappa shape index (κ1) is 22.4. The third-order valence-electron chi connectivity index (χ3n) is 4.09. The highest BCUT2D eigenvalue weighted by Gasteiger charge is 2.30. The number of nitrogens with one attached hydrogen (secondary N) is 2. The zero-order valence-electron chi connectivity index (χ0n) is 15.9. The maximum atomic E-state index is 12.7. The van der Waals surface area contributed by atoms with Crippen molar-refractivity contribution in [1.29, 1.82) is 0 Å². The van der Waals surface area contributed by atoms with E-state index in [2.05, 4.69) is 26.6 Å². The van der Waals surface area contributed by atoms with Gasteiger partial charge in [-0.1, -0.05) is 28.1 Å². The van der Waals surface area contributed by atoms with E-state index >= 15 is 0 Å². The predicted molar refractivity (Wildman–Crippen MR) is 114 cm³/mol. The van der Waals surface area contributed by atoms with Crippen LogP contribution in [0.15, 0.2) is 77.3 Å². The zero-order valence-corrected chi connectivity index (χ0v) is 17.5. The minimum absolute atomic E-state index is 0.138. The Hall–Kier alpha value is -3.33. The third kappa shape index (κ3) is 6.32. The van der Waals surface area contributed by atoms with Crippen molar-refractivity contribution >= 4 is 39.1 Å². The number of ether oxygens (including phenoxy) is 1. The van der Waals surface area contributed by atoms with E-state index in [0.717, 1.165) is 28.7 Å². The molecule has 3 aromatic rings. The molecule has 0 saturated heterocycles. The van der Waals surface area contributed by atoms with Gasteiger partial charge in [-0.15, -0.1) is 0 Å². The normalized spacial score (nSPS) is 11.0. The van der Waals surface area contributed by atoms with E-state index in [1.807, 2.05) is 0 Å². The highest BCUT2D eigenvalue weighted by Crippen LogP contribution is 2.30. The monoisotopic (exact) mass is 492 g/mol. The van der Waals surface area contributed by atoms with Gasteiger partial charge in [-0.2, -0.15) is 13.2 Å². The molecule has 0 fully saturated rings. The molecule has 0 radical (unpaired) electrons. The SMILES string of the molecule is O=C(COc1ccccc1C(=O)Nc1ccc(C(F)(F)F)cc1)Nc1ccc(Br)cc1. The number of carbonyl (C=O) groups excluding carboxylic acids is 2. The average Bonchev–Trinajstić information content (AvgIpc) is 2.74. The molecule has 31 heavy (non-hydrogen) atoms. The van der Waals surface area contributed by atoms with Crippen LogP contribution in [-0.4, -0.2) is 18.4 Å². The van der Waals surface area contributed by atoms with E-state index in [9.17, 15) is 22.8 Å². The number of para-hydroxylation sites is 1. The molecule has 3 aromatic carbocycles. The van der Waals surface area contributed by atoms with Crippen LogP contribution in [0.4, 0.5) is 24.5 Å². The Bertz CT molecular complexity index is 1070. The highest BCUT2D eigenvalue weighted by molar-refractivity contribution is 9.10. The van der Waals surface area contributed by atoms with E-state index in [-0.39, 0.29) is 23.6 Å². The lowest BCUT2D eigenvalue weighted by molar-refractivity contribution is -0.137. The average molecular weight is 493 g/mol. The number of anilines is 2. The molecule has 0 aromatic heterocycles. The molecular weight excluding hydrogens is 477 g/mol. The van der Waals surface area contributed by atoms with Gasteiger partial charge in [0.1, 0.15) is 5.75 Å². The number of alkyl halides is 3. The predicted octanol–water partition coefficient (Wildman–Crippen LogP) is 5.74. The lowest BCUT2D eigenvalue weighted by atomic mass is 10.1. The van der Waals surface area contributed by atoms with Gasteiger partial charge in [-0.05, 0) is 60.7 Å². The van der Waals surface area contributed by atoms with Gasteiger partial charge in [0.2, 0.25) is 0 Å². The molecule has 5 nitrogen and oxygen atoms in total. The molecule has 0 saturated carbocycles. The van der Waals surface area contributed by atoms with Gasteiger partial charge in [-0.3, -0.25) is 9.59 Å². The van der Waals surface area contributed by atoms with Gasteiger partial charge in [0, 0.05) is 15.8 Å². The number of amides is 2. The molecule has 0 aliphatic rings. The summed E-state index contributed by atoms with van der Waals surface area (Å²) in [5.41, 5.74) is 0.107. The van der Waals surface area contributed by atoms with Crippen LogP contribution < -0.4 is 15.4 Å². The summed E-state index contributed by atoms with van der Waals surface area (Å²) in [6.07, 6.45) is -4.46. The maximum absolute atomic E-state index is 12.7. The molecule has 3 rings (SSSR count). The standard InChI is InChI=1S/C22H16BrF3N2O3/c23-15-7-11-16(12-8-15)27-20(29)13-31-19-4-2-1-3-18(19)21(30)28-17-9-5-14(6-10-17)22(24,25)26/h1-12H,13H2,(H,27,29)(H,28,30). The lowest BCUT2D eigenvalue weighted by Crippen LogP contribution is -2.21. The van der Waals surface area contributed by atoms with Crippen LogP contribution in [0.3, 0.4) is 0 Å². The van der Waals surface area contributed by atoms with Crippen molar-refractivity contribution in [3.05, 3.63) is 88.4 Å². The van der Waals surface area contributed by atoms with Crippen LogP contribution in [-0.2, 0) is 11.0 Å². The van der Waals surface area contributed by atoms with Crippen molar-refractivity contribution < 1.29 is 27.5 Å². The summed E-state index contributed by atoms with van der Waals surface area (Å²) in [4.78, 5) is 24.7. The van der Waals surface area contributed by atoms with Crippen molar-refractivity contribution in [1.82, 2.24) is 0 Å². The molecule has 9 heteroatoms. The molecule has 0 atom stereocenters. The summed E-state index contributed by atoms with van der Waals surface area (Å²) in [6, 6.07) is 17.3. The Labute approximate surface area is 184 Å². The Morgan fingerprint density at radius 1 is 0.839 bits per heavy atom. The minimum atomic E-state index is -4.46. The number of hydrogen-bond donors (Lipinski definition) is 2. The molecule has 160 valence electrons. The van der Waals surface area contributed by atoms with Gasteiger partial charge in [0.15, 0.2) is 6.61 Å². The smallest absolute Gasteiger partial charge is 0.416 e. The fourth-order valence-electron chi connectivity index (χ4n) is 2.59. The Morgan fingerprint density at radius 2 is 1.42 bits per heavy atom. The second-order valence-corrected chi connectivity index (χ2v) is 7.28. The number of halogens is 4. The van der Waals surface area contributed by atoms with Gasteiger partial charge in [-0.25, -0.2) is 0 Å². The molecule has 0 aliphatic carbocycles. The van der Waals surface area contributed by atoms with Crippen LogP contribution >= 0.6 is 15.9 Å². The summed E-state index contributed by atoms with van der Waals surface area (Å²) < 4.78 is 44.4. The zero-order chi connectivity index (χ0) is 22.4. The van der Waals surface area contributed by atoms with Crippen molar-refractivity contribution in [3.63, 3.8) is 0 Å². The molecule has 2 N–H and O–H groups in total. The summed E-state index contributed by atoms with van der Waals surface area (Å²) in [5.74, 6) is -0.832. The van der Waals surface area contributed by atoms with Crippen LogP contribution in [0.2, 0.25) is 0 Å². The van der Waals surface area contributed by atoms with Crippen LogP contribution in [0.25, 0.3) is 0 Å². The van der Waals surface area contributed by atoms with E-state index in [1.165, 1.54) is 12.1 Å². The first-order valence-corrected chi connectivity index (χ1v) is 9.77. The topological polar surface area (TPSA) is 67.4 Å². The molecule has 0 spiro atoms. The van der Waals surface area contributed by atoms with Crippen LogP contribution in [0.1, 0.15) is 15.9 Å². The first-order valence-electron chi connectivity index (χ1n) is 8.98. The first-order chi connectivity index (χ1) is 14.7. The fraction of sp³-hybridized carbons (Fsp3) is 0.0909. The Balaban J connectivity index is 1.63. The lowest BCUT2D eigenvalue weighted by Gasteiger charge is -2.12. The number of benzene rings is 3. The largest absolute Gasteiger partial charge is 0.483 e. The van der Waals surface area contributed by atoms with Crippen molar-refractivity contribution in [2.24, 2.45) is 0 Å². The summed E-state index contributed by atoms with van der Waals surface area (Å²) in [5, 5.41) is 5.19. The molecule has 0 heterocycles. The Kier molecular flexibility index (Phi) is 6.96. The van der Waals surface area contributed by atoms with Gasteiger partial charge < -0.3 is 15.4 Å². The van der Waals surface area contributed by atoms with Crippen molar-refractivity contribution in [2.75, 3.05) is 17.2 Å². The highest BCUT2D eigenvalue weighted by atomic mass is 79.9. The molecule has 0 bridgehead atoms. The van der Waals surface area contributed by atoms with E-state index in [0.29, 0.717) is 5.69 Å². The summed E-state index contributed by atoms with van der Waals surface area (Å²) in [7, 11) is 0. The molecule has 2 amide bonds. The maximum Gasteiger partial charge on any atom is 0.416 e. The fourth-order valence-corrected chi connectivity index (χ4v) is 2.86. The second-order valence-electron chi connectivity index (χ2n) is 6.37. The van der Waals surface area contributed by atoms with E-state index < -0.39 is 23.6 Å². The van der Waals surface area contributed by atoms with E-state index in [1.54, 1.807) is 36.4 Å². The van der Waals surface area contributed by atoms with Crippen molar-refractivity contribution in [2.45, 2.75) is 6.18 Å². The van der Waals surface area contributed by atoms with Gasteiger partial charge in [0.05, 0.1) is 11.1 Å².